The van der Waals surface area contributed by atoms with Gasteiger partial charge in [0.25, 0.3) is 5.91 Å². The summed E-state index contributed by atoms with van der Waals surface area (Å²) in [4.78, 5) is 24.2. The van der Waals surface area contributed by atoms with Crippen LogP contribution in [0.25, 0.3) is 0 Å². The maximum Gasteiger partial charge on any atom is 0.253 e. The van der Waals surface area contributed by atoms with Gasteiger partial charge in [-0.15, -0.1) is 0 Å². The summed E-state index contributed by atoms with van der Waals surface area (Å²) in [7, 11) is 0. The Kier molecular flexibility index (Phi) is 6.20. The first-order chi connectivity index (χ1) is 11.4. The van der Waals surface area contributed by atoms with Crippen LogP contribution in [0.15, 0.2) is 24.3 Å². The number of benzene rings is 1. The van der Waals surface area contributed by atoms with Gasteiger partial charge in [0.05, 0.1) is 0 Å². The van der Waals surface area contributed by atoms with Gasteiger partial charge in [0.2, 0.25) is 5.91 Å². The molecule has 2 amide bonds. The zero-order chi connectivity index (χ0) is 17.6. The molecular formula is C18H26N2O4. The van der Waals surface area contributed by atoms with Crippen molar-refractivity contribution in [3.8, 4) is 5.75 Å². The molecule has 132 valence electrons. The van der Waals surface area contributed by atoms with Crippen LogP contribution in [-0.4, -0.2) is 35.2 Å². The van der Waals surface area contributed by atoms with Gasteiger partial charge >= 0.3 is 0 Å². The first-order valence-corrected chi connectivity index (χ1v) is 8.43. The molecule has 1 aromatic carbocycles. The van der Waals surface area contributed by atoms with E-state index in [1.165, 1.54) is 0 Å². The highest BCUT2D eigenvalue weighted by molar-refractivity contribution is 5.91. The molecule has 2 rings (SSSR count). The molecule has 1 atom stereocenters. The smallest absolute Gasteiger partial charge is 0.253 e. The number of ether oxygens (including phenoxy) is 1. The topological polar surface area (TPSA) is 102 Å². The quantitative estimate of drug-likeness (QED) is 0.685. The number of primary amides is 1. The van der Waals surface area contributed by atoms with E-state index in [2.05, 4.69) is 5.32 Å². The summed E-state index contributed by atoms with van der Waals surface area (Å²) in [5, 5.41) is 12.8. The summed E-state index contributed by atoms with van der Waals surface area (Å²) in [5.74, 6) is -0.544. The molecular weight excluding hydrogens is 308 g/mol. The van der Waals surface area contributed by atoms with E-state index >= 15 is 0 Å². The number of aliphatic hydroxyl groups is 1. The number of rotatable bonds is 6. The number of aliphatic hydroxyl groups excluding tert-OH is 1. The molecule has 0 bridgehead atoms. The first-order valence-electron chi connectivity index (χ1n) is 8.43. The predicted molar refractivity (Wildman–Crippen MR) is 90.5 cm³/mol. The number of hydrogen-bond acceptors (Lipinski definition) is 4. The standard InChI is InChI=1S/C18H26N2O4/c1-13-8-4-5-9-15(13)24-12-14(21)16(22)20-18(17(19)23)10-6-2-3-7-11-18/h4-5,8-9,14,21H,2-3,6-7,10-12H2,1H3,(H2,19,23)(H,20,22). The van der Waals surface area contributed by atoms with Crippen molar-refractivity contribution in [1.82, 2.24) is 5.32 Å². The van der Waals surface area contributed by atoms with Crippen LogP contribution in [0, 0.1) is 6.92 Å². The fourth-order valence-electron chi connectivity index (χ4n) is 3.05. The molecule has 1 saturated carbocycles. The molecule has 0 radical (unpaired) electrons. The van der Waals surface area contributed by atoms with Crippen molar-refractivity contribution in [2.75, 3.05) is 6.61 Å². The predicted octanol–water partition coefficient (Wildman–Crippen LogP) is 1.43. The Morgan fingerprint density at radius 1 is 1.25 bits per heavy atom. The Hall–Kier alpha value is -2.08. The molecule has 1 unspecified atom stereocenters. The highest BCUT2D eigenvalue weighted by Gasteiger charge is 2.39. The van der Waals surface area contributed by atoms with Crippen molar-refractivity contribution in [2.45, 2.75) is 57.1 Å². The molecule has 24 heavy (non-hydrogen) atoms. The number of nitrogens with two attached hydrogens (primary N) is 1. The highest BCUT2D eigenvalue weighted by Crippen LogP contribution is 2.27. The van der Waals surface area contributed by atoms with E-state index in [-0.39, 0.29) is 6.61 Å². The van der Waals surface area contributed by atoms with Crippen molar-refractivity contribution in [2.24, 2.45) is 5.73 Å². The van der Waals surface area contributed by atoms with Crippen LogP contribution >= 0.6 is 0 Å². The third-order valence-electron chi connectivity index (χ3n) is 4.58. The van der Waals surface area contributed by atoms with Gasteiger partial charge in [-0.05, 0) is 31.4 Å². The summed E-state index contributed by atoms with van der Waals surface area (Å²) in [6, 6.07) is 7.36. The highest BCUT2D eigenvalue weighted by atomic mass is 16.5. The van der Waals surface area contributed by atoms with Crippen molar-refractivity contribution in [3.63, 3.8) is 0 Å². The van der Waals surface area contributed by atoms with Gasteiger partial charge in [-0.3, -0.25) is 9.59 Å². The van der Waals surface area contributed by atoms with Gasteiger partial charge in [-0.1, -0.05) is 43.9 Å². The Balaban J connectivity index is 1.96. The molecule has 6 heteroatoms. The van der Waals surface area contributed by atoms with Crippen LogP contribution in [0.2, 0.25) is 0 Å². The molecule has 0 spiro atoms. The lowest BCUT2D eigenvalue weighted by Crippen LogP contribution is -2.59. The van der Waals surface area contributed by atoms with Crippen molar-refractivity contribution in [3.05, 3.63) is 29.8 Å². The largest absolute Gasteiger partial charge is 0.490 e. The van der Waals surface area contributed by atoms with Gasteiger partial charge < -0.3 is 20.9 Å². The number of carbonyl (C=O) groups is 2. The minimum atomic E-state index is -1.36. The van der Waals surface area contributed by atoms with Gasteiger partial charge in [0, 0.05) is 0 Å². The molecule has 0 aromatic heterocycles. The summed E-state index contributed by atoms with van der Waals surface area (Å²) >= 11 is 0. The van der Waals surface area contributed by atoms with Crippen LogP contribution in [-0.2, 0) is 9.59 Å². The van der Waals surface area contributed by atoms with Gasteiger partial charge in [-0.25, -0.2) is 0 Å². The first kappa shape index (κ1) is 18.3. The molecule has 1 fully saturated rings. The van der Waals surface area contributed by atoms with E-state index in [9.17, 15) is 14.7 Å². The molecule has 0 saturated heterocycles. The average Bonchev–Trinajstić information content (AvgIpc) is 2.80. The summed E-state index contributed by atoms with van der Waals surface area (Å²) < 4.78 is 5.50. The number of amides is 2. The number of nitrogens with one attached hydrogen (secondary N) is 1. The maximum atomic E-state index is 12.3. The number of carbonyl (C=O) groups excluding carboxylic acids is 2. The average molecular weight is 334 g/mol. The zero-order valence-corrected chi connectivity index (χ0v) is 14.1. The van der Waals surface area contributed by atoms with E-state index in [1.807, 2.05) is 25.1 Å². The van der Waals surface area contributed by atoms with E-state index in [1.54, 1.807) is 6.07 Å². The Morgan fingerprint density at radius 2 is 1.88 bits per heavy atom. The normalized spacial score (nSPS) is 18.2. The zero-order valence-electron chi connectivity index (χ0n) is 14.1. The molecule has 4 N–H and O–H groups in total. The van der Waals surface area contributed by atoms with Crippen molar-refractivity contribution in [1.29, 1.82) is 0 Å². The number of hydrogen-bond donors (Lipinski definition) is 3. The second-order valence-corrected chi connectivity index (χ2v) is 6.44. The Bertz CT molecular complexity index is 580. The lowest BCUT2D eigenvalue weighted by atomic mass is 9.89. The van der Waals surface area contributed by atoms with Gasteiger partial charge in [0.1, 0.15) is 17.9 Å². The minimum Gasteiger partial charge on any atom is -0.490 e. The van der Waals surface area contributed by atoms with Crippen molar-refractivity contribution >= 4 is 11.8 Å². The molecule has 6 nitrogen and oxygen atoms in total. The molecule has 1 aliphatic rings. The van der Waals surface area contributed by atoms with Crippen LogP contribution in [0.3, 0.4) is 0 Å². The van der Waals surface area contributed by atoms with Crippen LogP contribution in [0.4, 0.5) is 0 Å². The van der Waals surface area contributed by atoms with E-state index in [4.69, 9.17) is 10.5 Å². The third kappa shape index (κ3) is 4.47. The number of para-hydroxylation sites is 1. The van der Waals surface area contributed by atoms with E-state index in [0.717, 1.165) is 31.2 Å². The van der Waals surface area contributed by atoms with Gasteiger partial charge in [-0.2, -0.15) is 0 Å². The van der Waals surface area contributed by atoms with E-state index < -0.39 is 23.5 Å². The molecule has 0 aliphatic heterocycles. The molecule has 0 heterocycles. The fourth-order valence-corrected chi connectivity index (χ4v) is 3.05. The SMILES string of the molecule is Cc1ccccc1OCC(O)C(=O)NC1(C(N)=O)CCCCCC1. The van der Waals surface area contributed by atoms with Crippen LogP contribution in [0.1, 0.15) is 44.1 Å². The molecule has 1 aliphatic carbocycles. The fraction of sp³-hybridized carbons (Fsp3) is 0.556. The second-order valence-electron chi connectivity index (χ2n) is 6.44. The lowest BCUT2D eigenvalue weighted by molar-refractivity contribution is -0.138. The Labute approximate surface area is 142 Å². The lowest BCUT2D eigenvalue weighted by Gasteiger charge is -2.31. The monoisotopic (exact) mass is 334 g/mol. The summed E-state index contributed by atoms with van der Waals surface area (Å²) in [5.41, 5.74) is 5.40. The maximum absolute atomic E-state index is 12.3. The minimum absolute atomic E-state index is 0.175. The van der Waals surface area contributed by atoms with Gasteiger partial charge in [0.15, 0.2) is 6.10 Å². The number of aryl methyl sites for hydroxylation is 1. The third-order valence-corrected chi connectivity index (χ3v) is 4.58. The van der Waals surface area contributed by atoms with Crippen LogP contribution < -0.4 is 15.8 Å². The summed E-state index contributed by atoms with van der Waals surface area (Å²) in [6.07, 6.45) is 3.37. The van der Waals surface area contributed by atoms with Crippen LogP contribution in [0.5, 0.6) is 5.75 Å². The van der Waals surface area contributed by atoms with Crippen molar-refractivity contribution < 1.29 is 19.4 Å². The summed E-state index contributed by atoms with van der Waals surface area (Å²) in [6.45, 7) is 1.71. The second kappa shape index (κ2) is 8.15. The Morgan fingerprint density at radius 3 is 2.46 bits per heavy atom. The molecule has 1 aromatic rings. The van der Waals surface area contributed by atoms with E-state index in [0.29, 0.717) is 18.6 Å².